The number of para-hydroxylation sites is 1. The summed E-state index contributed by atoms with van der Waals surface area (Å²) in [5, 5.41) is 3.41. The van der Waals surface area contributed by atoms with Gasteiger partial charge in [0, 0.05) is 0 Å². The van der Waals surface area contributed by atoms with E-state index < -0.39 is 0 Å². The average Bonchev–Trinajstić information content (AvgIpc) is 2.73. The Kier molecular flexibility index (Phi) is 3.83. The van der Waals surface area contributed by atoms with Gasteiger partial charge in [0.25, 0.3) is 0 Å². The van der Waals surface area contributed by atoms with Crippen molar-refractivity contribution in [1.82, 2.24) is 5.32 Å². The van der Waals surface area contributed by atoms with E-state index in [1.54, 1.807) is 0 Å². The number of hydrogen-bond acceptors (Lipinski definition) is 2. The maximum Gasteiger partial charge on any atom is 0.122 e. The Bertz CT molecular complexity index is 329. The van der Waals surface area contributed by atoms with E-state index in [1.807, 2.05) is 6.07 Å². The lowest BCUT2D eigenvalue weighted by molar-refractivity contribution is 0.239. The summed E-state index contributed by atoms with van der Waals surface area (Å²) >= 11 is 0. The summed E-state index contributed by atoms with van der Waals surface area (Å²) in [4.78, 5) is 0. The van der Waals surface area contributed by atoms with Gasteiger partial charge in [-0.3, -0.25) is 0 Å². The minimum Gasteiger partial charge on any atom is -0.491 e. The predicted molar refractivity (Wildman–Crippen MR) is 66.9 cm³/mol. The van der Waals surface area contributed by atoms with Gasteiger partial charge in [-0.15, -0.1) is 0 Å². The highest BCUT2D eigenvalue weighted by atomic mass is 16.5. The molecular weight excluding hydrogens is 198 g/mol. The molecule has 88 valence electrons. The van der Waals surface area contributed by atoms with Crippen molar-refractivity contribution in [1.29, 1.82) is 0 Å². The van der Waals surface area contributed by atoms with E-state index in [9.17, 15) is 0 Å². The summed E-state index contributed by atoms with van der Waals surface area (Å²) < 4.78 is 5.84. The Morgan fingerprint density at radius 3 is 2.88 bits per heavy atom. The van der Waals surface area contributed by atoms with Gasteiger partial charge in [-0.1, -0.05) is 18.2 Å². The molecule has 2 heteroatoms. The molecule has 2 rings (SSSR count). The van der Waals surface area contributed by atoms with Crippen LogP contribution in [-0.2, 0) is 6.42 Å². The number of benzene rings is 1. The minimum atomic E-state index is 0.253. The molecule has 1 N–H and O–H groups in total. The molecule has 0 saturated carbocycles. The van der Waals surface area contributed by atoms with Crippen molar-refractivity contribution in [3.8, 4) is 5.75 Å². The molecule has 1 atom stereocenters. The fourth-order valence-electron chi connectivity index (χ4n) is 2.24. The zero-order valence-electron chi connectivity index (χ0n) is 10.2. The first-order valence-electron chi connectivity index (χ1n) is 6.21. The van der Waals surface area contributed by atoms with Crippen molar-refractivity contribution in [3.05, 3.63) is 29.8 Å². The van der Waals surface area contributed by atoms with Gasteiger partial charge in [-0.25, -0.2) is 0 Å². The van der Waals surface area contributed by atoms with Gasteiger partial charge in [0.1, 0.15) is 5.75 Å². The van der Waals surface area contributed by atoms with Crippen molar-refractivity contribution >= 4 is 0 Å². The molecule has 0 amide bonds. The van der Waals surface area contributed by atoms with E-state index in [-0.39, 0.29) is 6.10 Å². The smallest absolute Gasteiger partial charge is 0.122 e. The van der Waals surface area contributed by atoms with Gasteiger partial charge in [0.15, 0.2) is 0 Å². The summed E-state index contributed by atoms with van der Waals surface area (Å²) in [6.45, 7) is 6.47. The van der Waals surface area contributed by atoms with Gasteiger partial charge < -0.3 is 10.1 Å². The molecule has 1 aromatic rings. The first-order valence-corrected chi connectivity index (χ1v) is 6.21. The molecule has 1 aliphatic heterocycles. The number of nitrogens with one attached hydrogen (secondary N) is 1. The molecule has 1 saturated heterocycles. The van der Waals surface area contributed by atoms with Crippen molar-refractivity contribution in [2.45, 2.75) is 32.8 Å². The van der Waals surface area contributed by atoms with Crippen LogP contribution in [-0.4, -0.2) is 19.2 Å². The predicted octanol–water partition coefficient (Wildman–Crippen LogP) is 2.63. The van der Waals surface area contributed by atoms with Crippen LogP contribution in [0.2, 0.25) is 0 Å². The van der Waals surface area contributed by atoms with Gasteiger partial charge in [0.2, 0.25) is 0 Å². The third-order valence-electron chi connectivity index (χ3n) is 3.01. The summed E-state index contributed by atoms with van der Waals surface area (Å²) in [6.07, 6.45) is 2.68. The Morgan fingerprint density at radius 1 is 1.38 bits per heavy atom. The Balaban J connectivity index is 2.06. The van der Waals surface area contributed by atoms with Crippen molar-refractivity contribution in [2.75, 3.05) is 13.1 Å². The van der Waals surface area contributed by atoms with Crippen LogP contribution in [0.1, 0.15) is 25.8 Å². The van der Waals surface area contributed by atoms with Crippen LogP contribution >= 0.6 is 0 Å². The van der Waals surface area contributed by atoms with Crippen LogP contribution in [0.15, 0.2) is 24.3 Å². The molecule has 0 bridgehead atoms. The van der Waals surface area contributed by atoms with Gasteiger partial charge in [-0.2, -0.15) is 0 Å². The second kappa shape index (κ2) is 5.35. The Hall–Kier alpha value is -1.02. The minimum absolute atomic E-state index is 0.253. The normalized spacial score (nSPS) is 20.3. The monoisotopic (exact) mass is 219 g/mol. The maximum atomic E-state index is 5.84. The van der Waals surface area contributed by atoms with Gasteiger partial charge in [0.05, 0.1) is 6.10 Å². The number of ether oxygens (including phenoxy) is 1. The lowest BCUT2D eigenvalue weighted by Gasteiger charge is -2.16. The first kappa shape index (κ1) is 11.5. The largest absolute Gasteiger partial charge is 0.491 e. The van der Waals surface area contributed by atoms with Crippen LogP contribution in [0.5, 0.6) is 5.75 Å². The SMILES string of the molecule is CC(C)Oc1ccccc1CC1CCNC1. The zero-order valence-corrected chi connectivity index (χ0v) is 10.2. The third kappa shape index (κ3) is 2.99. The highest BCUT2D eigenvalue weighted by Gasteiger charge is 2.16. The Morgan fingerprint density at radius 2 is 2.19 bits per heavy atom. The molecule has 1 unspecified atom stereocenters. The number of hydrogen-bond donors (Lipinski definition) is 1. The zero-order chi connectivity index (χ0) is 11.4. The first-order chi connectivity index (χ1) is 7.75. The lowest BCUT2D eigenvalue weighted by Crippen LogP contribution is -2.12. The van der Waals surface area contributed by atoms with Crippen LogP contribution in [0.25, 0.3) is 0 Å². The van der Waals surface area contributed by atoms with Crippen molar-refractivity contribution in [2.24, 2.45) is 5.92 Å². The van der Waals surface area contributed by atoms with E-state index in [0.717, 1.165) is 31.2 Å². The second-order valence-electron chi connectivity index (χ2n) is 4.84. The van der Waals surface area contributed by atoms with E-state index in [2.05, 4.69) is 37.4 Å². The fraction of sp³-hybridized carbons (Fsp3) is 0.571. The van der Waals surface area contributed by atoms with Crippen LogP contribution < -0.4 is 10.1 Å². The van der Waals surface area contributed by atoms with Crippen LogP contribution in [0.3, 0.4) is 0 Å². The number of rotatable bonds is 4. The van der Waals surface area contributed by atoms with Gasteiger partial charge in [-0.05, 0) is 57.3 Å². The molecule has 0 radical (unpaired) electrons. The third-order valence-corrected chi connectivity index (χ3v) is 3.01. The molecule has 0 aliphatic carbocycles. The van der Waals surface area contributed by atoms with Crippen molar-refractivity contribution < 1.29 is 4.74 Å². The molecule has 16 heavy (non-hydrogen) atoms. The molecule has 0 aromatic heterocycles. The van der Waals surface area contributed by atoms with E-state index in [1.165, 1.54) is 12.0 Å². The molecular formula is C14H21NO. The van der Waals surface area contributed by atoms with Gasteiger partial charge >= 0.3 is 0 Å². The lowest BCUT2D eigenvalue weighted by atomic mass is 9.98. The fourth-order valence-corrected chi connectivity index (χ4v) is 2.24. The van der Waals surface area contributed by atoms with E-state index >= 15 is 0 Å². The average molecular weight is 219 g/mol. The van der Waals surface area contributed by atoms with Crippen LogP contribution in [0, 0.1) is 5.92 Å². The highest BCUT2D eigenvalue weighted by Crippen LogP contribution is 2.24. The quantitative estimate of drug-likeness (QED) is 0.840. The molecule has 1 heterocycles. The van der Waals surface area contributed by atoms with E-state index in [0.29, 0.717) is 0 Å². The standard InChI is InChI=1S/C14H21NO/c1-11(2)16-14-6-4-3-5-13(14)9-12-7-8-15-10-12/h3-6,11-12,15H,7-10H2,1-2H3. The van der Waals surface area contributed by atoms with Crippen LogP contribution in [0.4, 0.5) is 0 Å². The molecule has 1 fully saturated rings. The molecule has 1 aromatic carbocycles. The summed E-state index contributed by atoms with van der Waals surface area (Å²) in [6, 6.07) is 8.42. The van der Waals surface area contributed by atoms with E-state index in [4.69, 9.17) is 4.74 Å². The topological polar surface area (TPSA) is 21.3 Å². The second-order valence-corrected chi connectivity index (χ2v) is 4.84. The maximum absolute atomic E-state index is 5.84. The molecule has 0 spiro atoms. The summed E-state index contributed by atoms with van der Waals surface area (Å²) in [7, 11) is 0. The van der Waals surface area contributed by atoms with Crippen molar-refractivity contribution in [3.63, 3.8) is 0 Å². The highest BCUT2D eigenvalue weighted by molar-refractivity contribution is 5.34. The summed E-state index contributed by atoms with van der Waals surface area (Å²) in [5.74, 6) is 1.83. The summed E-state index contributed by atoms with van der Waals surface area (Å²) in [5.41, 5.74) is 1.35. The molecule has 2 nitrogen and oxygen atoms in total. The Labute approximate surface area is 98.0 Å². The molecule has 1 aliphatic rings.